The summed E-state index contributed by atoms with van der Waals surface area (Å²) in [7, 11) is 2.54. The van der Waals surface area contributed by atoms with Gasteiger partial charge in [-0.15, -0.1) is 0 Å². The first kappa shape index (κ1) is 64.5. The van der Waals surface area contributed by atoms with E-state index in [1.54, 1.807) is 54.9 Å². The van der Waals surface area contributed by atoms with E-state index in [-0.39, 0.29) is 56.0 Å². The molecular weight excluding hydrogens is 1030 g/mol. The summed E-state index contributed by atoms with van der Waals surface area (Å²) in [5.41, 5.74) is 0.996. The number of aliphatic hydroxyl groups is 3. The van der Waals surface area contributed by atoms with E-state index in [0.717, 1.165) is 11.0 Å². The van der Waals surface area contributed by atoms with Crippen molar-refractivity contribution in [1.82, 2.24) is 4.90 Å². The van der Waals surface area contributed by atoms with Gasteiger partial charge in [0, 0.05) is 64.6 Å². The third kappa shape index (κ3) is 16.3. The Morgan fingerprint density at radius 1 is 0.863 bits per heavy atom. The molecule has 6 rings (SSSR count). The zero-order chi connectivity index (χ0) is 58.5. The quantitative estimate of drug-likeness (QED) is 0.100. The molecule has 3 saturated heterocycles. The third-order valence-electron chi connectivity index (χ3n) is 17.5. The molecule has 15 unspecified atom stereocenters. The van der Waals surface area contributed by atoms with E-state index in [1.165, 1.54) is 4.90 Å². The highest BCUT2D eigenvalue weighted by atomic mass is 16.6. The molecular formula is C62H90BNO16. The van der Waals surface area contributed by atoms with Crippen LogP contribution in [0.15, 0.2) is 77.9 Å². The molecule has 1 amide bonds. The van der Waals surface area contributed by atoms with E-state index in [0.29, 0.717) is 69.8 Å². The van der Waals surface area contributed by atoms with E-state index in [9.17, 15) is 44.1 Å². The van der Waals surface area contributed by atoms with E-state index in [2.05, 4.69) is 0 Å². The Hall–Kier alpha value is -4.66. The van der Waals surface area contributed by atoms with Crippen molar-refractivity contribution in [2.24, 2.45) is 46.8 Å². The topological polar surface area (TPSA) is 231 Å². The maximum absolute atomic E-state index is 14.7. The summed E-state index contributed by atoms with van der Waals surface area (Å²) < 4.78 is 42.5. The molecule has 0 spiro atoms. The van der Waals surface area contributed by atoms with Gasteiger partial charge in [0.1, 0.15) is 35.2 Å². The van der Waals surface area contributed by atoms with Gasteiger partial charge >= 0.3 is 19.1 Å². The second kappa shape index (κ2) is 29.5. The minimum Gasteiger partial charge on any atom is -0.460 e. The van der Waals surface area contributed by atoms with E-state index in [1.807, 2.05) is 81.5 Å². The summed E-state index contributed by atoms with van der Waals surface area (Å²) in [4.78, 5) is 86.7. The number of cyclic esters (lactones) is 1. The molecule has 0 aromatic heterocycles. The Morgan fingerprint density at radius 2 is 1.57 bits per heavy atom. The van der Waals surface area contributed by atoms with Gasteiger partial charge in [0.15, 0.2) is 0 Å². The first-order chi connectivity index (χ1) is 38.0. The SMILES string of the molecule is COC1CC2CCC(C)C(O)(O2)C(=O)C(=O)N2CCCCC2C(=O)OC(C(C)CC2CCC(OC(=O)C3(C)COB(c4ccccc4)OC3)C(OC)C2)CC(=O)C(C)/C=C(\C)C(O)C(CO)C(=O)C(C)CC(C)/C=C/C=CC=C1C. The number of amides is 1. The summed E-state index contributed by atoms with van der Waals surface area (Å²) in [6.45, 7) is 13.9. The number of esters is 2. The summed E-state index contributed by atoms with van der Waals surface area (Å²) in [5.74, 6) is -10.2. The number of fused-ring (bicyclic) bond motifs is 3. The molecule has 2 bridgehead atoms. The lowest BCUT2D eigenvalue weighted by molar-refractivity contribution is -0.265. The maximum Gasteiger partial charge on any atom is 0.493 e. The van der Waals surface area contributed by atoms with Gasteiger partial charge in [0.25, 0.3) is 11.7 Å². The van der Waals surface area contributed by atoms with Gasteiger partial charge in [-0.1, -0.05) is 101 Å². The number of carbonyl (C=O) groups excluding carboxylic acids is 6. The van der Waals surface area contributed by atoms with Crippen molar-refractivity contribution in [2.45, 2.75) is 181 Å². The minimum atomic E-state index is -2.47. The molecule has 15 atom stereocenters. The number of piperidine rings is 1. The molecule has 4 heterocycles. The van der Waals surface area contributed by atoms with E-state index < -0.39 is 121 Å². The molecule has 1 aliphatic carbocycles. The largest absolute Gasteiger partial charge is 0.493 e. The minimum absolute atomic E-state index is 0.00989. The average Bonchev–Trinajstić information content (AvgIpc) is 3.57. The number of ketones is 3. The van der Waals surface area contributed by atoms with Crippen LogP contribution in [0, 0.1) is 46.8 Å². The number of aliphatic hydroxyl groups excluding tert-OH is 2. The van der Waals surface area contributed by atoms with Gasteiger partial charge < -0.3 is 53.2 Å². The molecule has 4 aliphatic heterocycles. The van der Waals surface area contributed by atoms with Crippen LogP contribution in [0.25, 0.3) is 0 Å². The molecule has 0 radical (unpaired) electrons. The highest BCUT2D eigenvalue weighted by Gasteiger charge is 2.53. The Bertz CT molecular complexity index is 2400. The number of ether oxygens (including phenoxy) is 5. The average molecular weight is 1120 g/mol. The monoisotopic (exact) mass is 1120 g/mol. The summed E-state index contributed by atoms with van der Waals surface area (Å²) in [5, 5.41) is 34.1. The fourth-order valence-electron chi connectivity index (χ4n) is 12.2. The zero-order valence-electron chi connectivity index (χ0n) is 48.9. The van der Waals surface area contributed by atoms with Crippen LogP contribution in [0.5, 0.6) is 0 Å². The van der Waals surface area contributed by atoms with Crippen molar-refractivity contribution in [1.29, 1.82) is 0 Å². The summed E-state index contributed by atoms with van der Waals surface area (Å²) >= 11 is 0. The highest BCUT2D eigenvalue weighted by molar-refractivity contribution is 6.61. The fourth-order valence-corrected chi connectivity index (χ4v) is 12.2. The van der Waals surface area contributed by atoms with Gasteiger partial charge in [-0.2, -0.15) is 0 Å². The van der Waals surface area contributed by atoms with Gasteiger partial charge in [0.05, 0.1) is 36.9 Å². The second-order valence-electron chi connectivity index (χ2n) is 24.0. The fraction of sp³-hybridized carbons (Fsp3) is 0.677. The van der Waals surface area contributed by atoms with E-state index in [4.69, 9.17) is 33.0 Å². The number of allylic oxidation sites excluding steroid dienone is 6. The van der Waals surface area contributed by atoms with Gasteiger partial charge in [-0.05, 0) is 119 Å². The summed E-state index contributed by atoms with van der Waals surface area (Å²) in [6.07, 6.45) is 11.2. The normalized spacial score (nSPS) is 35.7. The van der Waals surface area contributed by atoms with Gasteiger partial charge in [-0.3, -0.25) is 24.0 Å². The molecule has 4 fully saturated rings. The maximum atomic E-state index is 14.7. The lowest BCUT2D eigenvalue weighted by atomic mass is 9.75. The Labute approximate surface area is 474 Å². The third-order valence-corrected chi connectivity index (χ3v) is 17.5. The molecule has 3 N–H and O–H groups in total. The number of rotatable bonds is 9. The second-order valence-corrected chi connectivity index (χ2v) is 24.0. The van der Waals surface area contributed by atoms with Crippen molar-refractivity contribution in [3.05, 3.63) is 77.9 Å². The molecule has 1 saturated carbocycles. The predicted molar refractivity (Wildman–Crippen MR) is 301 cm³/mol. The van der Waals surface area contributed by atoms with Crippen LogP contribution in [0.1, 0.15) is 132 Å². The van der Waals surface area contributed by atoms with Gasteiger partial charge in [0.2, 0.25) is 5.79 Å². The Balaban J connectivity index is 1.23. The Morgan fingerprint density at radius 3 is 2.25 bits per heavy atom. The molecule has 442 valence electrons. The highest BCUT2D eigenvalue weighted by Crippen LogP contribution is 2.39. The van der Waals surface area contributed by atoms with Crippen LogP contribution in [0.2, 0.25) is 0 Å². The number of carbonyl (C=O) groups is 6. The number of hydrogen-bond acceptors (Lipinski definition) is 16. The summed E-state index contributed by atoms with van der Waals surface area (Å²) in [6, 6.07) is 8.30. The first-order valence-electron chi connectivity index (χ1n) is 29.1. The molecule has 17 nitrogen and oxygen atoms in total. The van der Waals surface area contributed by atoms with Crippen LogP contribution < -0.4 is 5.46 Å². The van der Waals surface area contributed by atoms with Crippen molar-refractivity contribution in [3.63, 3.8) is 0 Å². The van der Waals surface area contributed by atoms with Crippen molar-refractivity contribution in [2.75, 3.05) is 40.6 Å². The van der Waals surface area contributed by atoms with Crippen LogP contribution >= 0.6 is 0 Å². The molecule has 18 heteroatoms. The van der Waals surface area contributed by atoms with E-state index >= 15 is 0 Å². The van der Waals surface area contributed by atoms with Crippen molar-refractivity contribution in [3.8, 4) is 0 Å². The van der Waals surface area contributed by atoms with Crippen LogP contribution in [0.3, 0.4) is 0 Å². The lowest BCUT2D eigenvalue weighted by Crippen LogP contribution is -2.61. The van der Waals surface area contributed by atoms with Gasteiger partial charge in [-0.25, -0.2) is 4.79 Å². The van der Waals surface area contributed by atoms with Crippen LogP contribution in [-0.4, -0.2) is 152 Å². The Kier molecular flexibility index (Phi) is 23.8. The van der Waals surface area contributed by atoms with Crippen LogP contribution in [-0.2, 0) is 61.8 Å². The first-order valence-corrected chi connectivity index (χ1v) is 29.1. The molecule has 1 aromatic carbocycles. The molecule has 80 heavy (non-hydrogen) atoms. The molecule has 1 aromatic rings. The number of nitrogens with zero attached hydrogens (tertiary/aromatic N) is 1. The van der Waals surface area contributed by atoms with Crippen molar-refractivity contribution < 1.29 is 77.1 Å². The zero-order valence-corrected chi connectivity index (χ0v) is 48.9. The van der Waals surface area contributed by atoms with Crippen molar-refractivity contribution >= 4 is 47.8 Å². The lowest BCUT2D eigenvalue weighted by Gasteiger charge is -2.42. The predicted octanol–water partition coefficient (Wildman–Crippen LogP) is 6.77. The number of hydrogen-bond donors (Lipinski definition) is 3. The smallest absolute Gasteiger partial charge is 0.460 e. The standard InChI is InChI=1S/C62H90BNO16/c1-38-19-13-11-14-20-39(2)52(74-9)33-47-26-24-44(7)62(73,80-47)57(69)58(70)64-28-18-17-23-49(64)59(71)78-53(34-50(66)40(3)30-43(6)56(68)48(35-65)55(67)42(5)29-38)41(4)31-45-25-27-51(54(32-45)75-10)79-60(72)61(8)36-76-63(77-37-61)46-21-15-12-16-22-46/h11-16,19-22,30,38,40-42,44-45,47-49,51-54,56,65,68,73H,17-18,23-29,31-37H2,1-10H3/b14-11?,19-13+,39-20?,43-30+. The number of Topliss-reactive ketones (excluding diaryl/α,β-unsaturated/α-hetero) is 3. The number of methoxy groups -OCH3 is 2. The van der Waals surface area contributed by atoms with Crippen LogP contribution in [0.4, 0.5) is 0 Å². The number of benzene rings is 1. The molecule has 5 aliphatic rings.